The molecule has 1 aromatic heterocycles. The molecule has 2 heterocycles. The Kier molecular flexibility index (Phi) is 4.60. The van der Waals surface area contributed by atoms with Crippen LogP contribution >= 0.6 is 0 Å². The van der Waals surface area contributed by atoms with Gasteiger partial charge >= 0.3 is 0 Å². The molecule has 9 heteroatoms. The van der Waals surface area contributed by atoms with Gasteiger partial charge < -0.3 is 18.7 Å². The molecule has 0 fully saturated rings. The van der Waals surface area contributed by atoms with Crippen molar-refractivity contribution in [2.24, 2.45) is 0 Å². The van der Waals surface area contributed by atoms with Gasteiger partial charge in [-0.15, -0.1) is 0 Å². The van der Waals surface area contributed by atoms with Crippen LogP contribution in [-0.4, -0.2) is 33.9 Å². The van der Waals surface area contributed by atoms with Crippen LogP contribution in [-0.2, 0) is 10.0 Å². The molecule has 28 heavy (non-hydrogen) atoms. The van der Waals surface area contributed by atoms with E-state index in [1.165, 1.54) is 13.2 Å². The molecule has 1 N–H and O–H groups in total. The maximum atomic E-state index is 13.0. The molecule has 0 saturated carbocycles. The van der Waals surface area contributed by atoms with E-state index in [9.17, 15) is 8.42 Å². The third kappa shape index (κ3) is 3.48. The quantitative estimate of drug-likeness (QED) is 0.699. The monoisotopic (exact) mass is 402 g/mol. The van der Waals surface area contributed by atoms with Crippen LogP contribution in [0.1, 0.15) is 5.69 Å². The van der Waals surface area contributed by atoms with Crippen LogP contribution in [0.2, 0.25) is 0 Å². The standard InChI is InChI=1S/C19H18N2O6S/c1-12-9-17(27-20-12)13-3-5-16(24-2)19(10-13)28(22,23)21-14-4-6-15-18(11-14)26-8-7-25-15/h3-6,9-11,21H,7-8H2,1-2H3. The van der Waals surface area contributed by atoms with E-state index in [4.69, 9.17) is 18.7 Å². The fraction of sp³-hybridized carbons (Fsp3) is 0.211. The number of benzene rings is 2. The van der Waals surface area contributed by atoms with E-state index in [0.717, 1.165) is 0 Å². The van der Waals surface area contributed by atoms with Gasteiger partial charge in [0.1, 0.15) is 23.9 Å². The SMILES string of the molecule is COc1ccc(-c2cc(C)no2)cc1S(=O)(=O)Nc1ccc2c(c1)OCCO2. The van der Waals surface area contributed by atoms with Crippen molar-refractivity contribution in [1.29, 1.82) is 0 Å². The lowest BCUT2D eigenvalue weighted by molar-refractivity contribution is 0.171. The predicted octanol–water partition coefficient (Wildman–Crippen LogP) is 3.23. The molecule has 8 nitrogen and oxygen atoms in total. The van der Waals surface area contributed by atoms with Gasteiger partial charge in [0.15, 0.2) is 17.3 Å². The Labute approximate surface area is 162 Å². The van der Waals surface area contributed by atoms with Crippen molar-refractivity contribution in [3.05, 3.63) is 48.2 Å². The number of nitrogens with zero attached hydrogens (tertiary/aromatic N) is 1. The molecule has 1 aliphatic heterocycles. The van der Waals surface area contributed by atoms with Gasteiger partial charge in [0.25, 0.3) is 10.0 Å². The second-order valence-corrected chi connectivity index (χ2v) is 7.81. The van der Waals surface area contributed by atoms with Gasteiger partial charge in [-0.3, -0.25) is 4.72 Å². The summed E-state index contributed by atoms with van der Waals surface area (Å²) < 4.78 is 50.1. The first-order chi connectivity index (χ1) is 13.5. The van der Waals surface area contributed by atoms with E-state index >= 15 is 0 Å². The summed E-state index contributed by atoms with van der Waals surface area (Å²) in [5.74, 6) is 1.75. The number of aromatic nitrogens is 1. The number of rotatable bonds is 5. The first-order valence-electron chi connectivity index (χ1n) is 8.50. The number of ether oxygens (including phenoxy) is 3. The van der Waals surface area contributed by atoms with Gasteiger partial charge in [0, 0.05) is 17.7 Å². The van der Waals surface area contributed by atoms with E-state index in [1.807, 2.05) is 0 Å². The number of methoxy groups -OCH3 is 1. The average Bonchev–Trinajstić information content (AvgIpc) is 3.13. The fourth-order valence-electron chi connectivity index (χ4n) is 2.86. The summed E-state index contributed by atoms with van der Waals surface area (Å²) >= 11 is 0. The molecule has 0 saturated heterocycles. The van der Waals surface area contributed by atoms with Crippen LogP contribution in [0.15, 0.2) is 51.9 Å². The van der Waals surface area contributed by atoms with E-state index in [2.05, 4.69) is 9.88 Å². The van der Waals surface area contributed by atoms with E-state index in [1.54, 1.807) is 43.3 Å². The lowest BCUT2D eigenvalue weighted by Crippen LogP contribution is -2.17. The zero-order chi connectivity index (χ0) is 19.7. The van der Waals surface area contributed by atoms with Crippen LogP contribution < -0.4 is 18.9 Å². The molecule has 3 aromatic rings. The zero-order valence-electron chi connectivity index (χ0n) is 15.3. The number of hydrogen-bond acceptors (Lipinski definition) is 7. The smallest absolute Gasteiger partial charge is 0.265 e. The Hall–Kier alpha value is -3.20. The highest BCUT2D eigenvalue weighted by molar-refractivity contribution is 7.92. The normalized spacial score (nSPS) is 13.2. The molecule has 0 aliphatic carbocycles. The number of nitrogens with one attached hydrogen (secondary N) is 1. The second-order valence-electron chi connectivity index (χ2n) is 6.16. The number of sulfonamides is 1. The Morgan fingerprint density at radius 1 is 1.04 bits per heavy atom. The van der Waals surface area contributed by atoms with E-state index in [0.29, 0.717) is 47.4 Å². The third-order valence-corrected chi connectivity index (χ3v) is 5.56. The van der Waals surface area contributed by atoms with Crippen LogP contribution in [0.4, 0.5) is 5.69 Å². The number of fused-ring (bicyclic) bond motifs is 1. The summed E-state index contributed by atoms with van der Waals surface area (Å²) in [6.07, 6.45) is 0. The van der Waals surface area contributed by atoms with E-state index in [-0.39, 0.29) is 10.6 Å². The van der Waals surface area contributed by atoms with Gasteiger partial charge in [-0.2, -0.15) is 0 Å². The molecule has 4 rings (SSSR count). The lowest BCUT2D eigenvalue weighted by Gasteiger charge is -2.19. The molecule has 0 amide bonds. The first-order valence-corrected chi connectivity index (χ1v) is 9.99. The average molecular weight is 402 g/mol. The molecule has 2 aromatic carbocycles. The molecule has 146 valence electrons. The minimum absolute atomic E-state index is 0.0172. The minimum Gasteiger partial charge on any atom is -0.495 e. The summed E-state index contributed by atoms with van der Waals surface area (Å²) in [7, 11) is -2.53. The highest BCUT2D eigenvalue weighted by Gasteiger charge is 2.23. The molecular formula is C19H18N2O6S. The van der Waals surface area contributed by atoms with Crippen molar-refractivity contribution in [1.82, 2.24) is 5.16 Å². The van der Waals surface area contributed by atoms with Crippen molar-refractivity contribution in [2.75, 3.05) is 25.0 Å². The Morgan fingerprint density at radius 3 is 2.54 bits per heavy atom. The third-order valence-electron chi connectivity index (χ3n) is 4.16. The molecule has 0 atom stereocenters. The highest BCUT2D eigenvalue weighted by Crippen LogP contribution is 2.35. The second kappa shape index (κ2) is 7.08. The number of hydrogen-bond donors (Lipinski definition) is 1. The number of anilines is 1. The van der Waals surface area contributed by atoms with Gasteiger partial charge in [-0.05, 0) is 37.3 Å². The molecule has 0 bridgehead atoms. The van der Waals surface area contributed by atoms with Gasteiger partial charge in [-0.1, -0.05) is 5.16 Å². The summed E-state index contributed by atoms with van der Waals surface area (Å²) in [5, 5.41) is 3.84. The molecule has 0 spiro atoms. The van der Waals surface area contributed by atoms with E-state index < -0.39 is 10.0 Å². The highest BCUT2D eigenvalue weighted by atomic mass is 32.2. The summed E-state index contributed by atoms with van der Waals surface area (Å²) in [4.78, 5) is -0.0172. The summed E-state index contributed by atoms with van der Waals surface area (Å²) in [5.41, 5.74) is 1.63. The van der Waals surface area contributed by atoms with Crippen molar-refractivity contribution in [3.63, 3.8) is 0 Å². The Bertz CT molecular complexity index is 1120. The van der Waals surface area contributed by atoms with Gasteiger partial charge in [0.05, 0.1) is 18.5 Å². The van der Waals surface area contributed by atoms with Crippen molar-refractivity contribution < 1.29 is 27.2 Å². The van der Waals surface area contributed by atoms with Crippen LogP contribution in [0.3, 0.4) is 0 Å². The Morgan fingerprint density at radius 2 is 1.82 bits per heavy atom. The largest absolute Gasteiger partial charge is 0.495 e. The predicted molar refractivity (Wildman–Crippen MR) is 101 cm³/mol. The summed E-state index contributed by atoms with van der Waals surface area (Å²) in [6, 6.07) is 11.4. The molecule has 1 aliphatic rings. The molecule has 0 unspecified atom stereocenters. The van der Waals surface area contributed by atoms with Crippen molar-refractivity contribution in [3.8, 4) is 28.6 Å². The maximum absolute atomic E-state index is 13.0. The number of aryl methyl sites for hydroxylation is 1. The van der Waals surface area contributed by atoms with Crippen LogP contribution in [0.25, 0.3) is 11.3 Å². The molecular weight excluding hydrogens is 384 g/mol. The van der Waals surface area contributed by atoms with Gasteiger partial charge in [-0.25, -0.2) is 8.42 Å². The fourth-order valence-corrected chi connectivity index (χ4v) is 4.10. The zero-order valence-corrected chi connectivity index (χ0v) is 16.1. The van der Waals surface area contributed by atoms with Crippen LogP contribution in [0, 0.1) is 6.92 Å². The summed E-state index contributed by atoms with van der Waals surface area (Å²) in [6.45, 7) is 2.66. The molecule has 0 radical (unpaired) electrons. The minimum atomic E-state index is -3.94. The van der Waals surface area contributed by atoms with Crippen LogP contribution in [0.5, 0.6) is 17.2 Å². The first kappa shape index (κ1) is 18.2. The van der Waals surface area contributed by atoms with Crippen molar-refractivity contribution in [2.45, 2.75) is 11.8 Å². The Balaban J connectivity index is 1.70. The lowest BCUT2D eigenvalue weighted by atomic mass is 10.1. The topological polar surface area (TPSA) is 99.9 Å². The van der Waals surface area contributed by atoms with Gasteiger partial charge in [0.2, 0.25) is 0 Å². The maximum Gasteiger partial charge on any atom is 0.265 e. The van der Waals surface area contributed by atoms with Crippen molar-refractivity contribution >= 4 is 15.7 Å².